The molecule has 2 N–H and O–H groups in total. The lowest BCUT2D eigenvalue weighted by atomic mass is 10.1. The Hall–Kier alpha value is -3.82. The molecule has 0 atom stereocenters. The van der Waals surface area contributed by atoms with E-state index in [0.717, 1.165) is 11.0 Å². The van der Waals surface area contributed by atoms with Gasteiger partial charge >= 0.3 is 0 Å². The molecule has 3 aromatic carbocycles. The number of phenolic OH excluding ortho intramolecular Hbond substituents is 1. The topological polar surface area (TPSA) is 114 Å². The fourth-order valence-corrected chi connectivity index (χ4v) is 4.24. The van der Waals surface area contributed by atoms with Gasteiger partial charge in [-0.25, -0.2) is 13.8 Å². The maximum Gasteiger partial charge on any atom is 0.271 e. The van der Waals surface area contributed by atoms with Crippen LogP contribution < -0.4 is 14.9 Å². The molecule has 0 bridgehead atoms. The molecule has 0 aliphatic carbocycles. The van der Waals surface area contributed by atoms with E-state index in [9.17, 15) is 18.3 Å². The van der Waals surface area contributed by atoms with E-state index in [1.54, 1.807) is 36.4 Å². The molecule has 182 valence electrons. The number of carbonyl (C=O) groups excluding carboxylic acids is 1. The summed E-state index contributed by atoms with van der Waals surface area (Å²) in [6, 6.07) is 13.8. The normalized spacial score (nSPS) is 11.7. The molecule has 0 aliphatic heterocycles. The number of methoxy groups -OCH3 is 2. The van der Waals surface area contributed by atoms with E-state index < -0.39 is 15.7 Å². The maximum absolute atomic E-state index is 12.7. The van der Waals surface area contributed by atoms with Crippen LogP contribution in [-0.2, 0) is 9.84 Å². The first-order chi connectivity index (χ1) is 16.6. The Kier molecular flexibility index (Phi) is 8.16. The highest BCUT2D eigenvalue weighted by Crippen LogP contribution is 2.33. The number of aromatic hydroxyl groups is 1. The maximum atomic E-state index is 12.7. The van der Waals surface area contributed by atoms with Crippen LogP contribution in [0.4, 0.5) is 0 Å². The number of nitrogens with zero attached hydrogens (tertiary/aromatic N) is 1. The van der Waals surface area contributed by atoms with Gasteiger partial charge in [-0.3, -0.25) is 4.79 Å². The molecule has 0 spiro atoms. The summed E-state index contributed by atoms with van der Waals surface area (Å²) in [4.78, 5) is 12.4. The second kappa shape index (κ2) is 11.1. The number of hydrazone groups is 1. The third-order valence-electron chi connectivity index (χ3n) is 4.90. The summed E-state index contributed by atoms with van der Waals surface area (Å²) >= 11 is 5.83. The zero-order chi connectivity index (χ0) is 25.6. The van der Waals surface area contributed by atoms with Crippen LogP contribution >= 0.6 is 11.6 Å². The van der Waals surface area contributed by atoms with Gasteiger partial charge in [0, 0.05) is 16.5 Å². The summed E-state index contributed by atoms with van der Waals surface area (Å²) in [7, 11) is -0.799. The van der Waals surface area contributed by atoms with Crippen LogP contribution in [0.2, 0.25) is 5.02 Å². The highest BCUT2D eigenvalue weighted by Gasteiger charge is 2.14. The Labute approximate surface area is 208 Å². The third-order valence-corrected chi connectivity index (χ3v) is 6.62. The monoisotopic (exact) mass is 514 g/mol. The fourth-order valence-electron chi connectivity index (χ4n) is 3.06. The predicted molar refractivity (Wildman–Crippen MR) is 135 cm³/mol. The van der Waals surface area contributed by atoms with E-state index in [0.29, 0.717) is 22.6 Å². The lowest BCUT2D eigenvalue weighted by molar-refractivity contribution is 0.0955. The fraction of sp³-hybridized carbons (Fsp3) is 0.120. The number of sulfone groups is 1. The van der Waals surface area contributed by atoms with Crippen molar-refractivity contribution in [3.8, 4) is 17.2 Å². The lowest BCUT2D eigenvalue weighted by Crippen LogP contribution is -2.17. The minimum Gasteiger partial charge on any atom is -0.506 e. The van der Waals surface area contributed by atoms with Crippen molar-refractivity contribution in [2.45, 2.75) is 11.8 Å². The first-order valence-electron chi connectivity index (χ1n) is 10.2. The average Bonchev–Trinajstić information content (AvgIpc) is 2.84. The molecule has 10 heteroatoms. The van der Waals surface area contributed by atoms with Gasteiger partial charge in [-0.2, -0.15) is 5.10 Å². The second-order valence-electron chi connectivity index (χ2n) is 7.37. The standard InChI is InChI=1S/C25H23ClN2O6S/c1-16-4-7-20(8-5-16)35(31,32)11-10-18-12-17(13-23(33-2)24(18)34-3)15-27-28-25(30)19-6-9-22(29)21(26)14-19/h4-15,29H,1-3H3,(H,28,30). The molecule has 0 radical (unpaired) electrons. The molecular formula is C25H23ClN2O6S. The molecule has 0 saturated carbocycles. The van der Waals surface area contributed by atoms with Crippen molar-refractivity contribution in [3.05, 3.63) is 87.3 Å². The first kappa shape index (κ1) is 25.8. The van der Waals surface area contributed by atoms with E-state index in [1.807, 2.05) is 6.92 Å². The zero-order valence-electron chi connectivity index (χ0n) is 19.2. The number of aryl methyl sites for hydroxylation is 1. The van der Waals surface area contributed by atoms with Crippen LogP contribution in [0.25, 0.3) is 6.08 Å². The third kappa shape index (κ3) is 6.40. The number of hydrogen-bond donors (Lipinski definition) is 2. The Balaban J connectivity index is 1.87. The van der Waals surface area contributed by atoms with Crippen molar-refractivity contribution in [1.82, 2.24) is 5.43 Å². The van der Waals surface area contributed by atoms with Gasteiger partial charge in [0.2, 0.25) is 0 Å². The van der Waals surface area contributed by atoms with Gasteiger partial charge in [0.25, 0.3) is 5.91 Å². The van der Waals surface area contributed by atoms with Crippen LogP contribution in [0.5, 0.6) is 17.2 Å². The number of hydrogen-bond acceptors (Lipinski definition) is 7. The number of ether oxygens (including phenoxy) is 2. The van der Waals surface area contributed by atoms with E-state index in [1.165, 1.54) is 44.7 Å². The molecule has 35 heavy (non-hydrogen) atoms. The molecular weight excluding hydrogens is 492 g/mol. The van der Waals surface area contributed by atoms with Crippen molar-refractivity contribution in [1.29, 1.82) is 0 Å². The van der Waals surface area contributed by atoms with Gasteiger partial charge in [0.05, 0.1) is 30.4 Å². The van der Waals surface area contributed by atoms with Crippen molar-refractivity contribution < 1.29 is 27.8 Å². The zero-order valence-corrected chi connectivity index (χ0v) is 20.7. The quantitative estimate of drug-likeness (QED) is 0.336. The van der Waals surface area contributed by atoms with E-state index in [4.69, 9.17) is 21.1 Å². The average molecular weight is 515 g/mol. The van der Waals surface area contributed by atoms with Crippen LogP contribution in [0.3, 0.4) is 0 Å². The number of rotatable bonds is 8. The molecule has 0 saturated heterocycles. The molecule has 0 fully saturated rings. The molecule has 0 unspecified atom stereocenters. The van der Waals surface area contributed by atoms with Gasteiger partial charge in [-0.05, 0) is 61.0 Å². The molecule has 1 amide bonds. The van der Waals surface area contributed by atoms with Gasteiger partial charge < -0.3 is 14.6 Å². The number of nitrogens with one attached hydrogen (secondary N) is 1. The summed E-state index contributed by atoms with van der Waals surface area (Å²) in [6.45, 7) is 1.87. The Morgan fingerprint density at radius 2 is 1.77 bits per heavy atom. The summed E-state index contributed by atoms with van der Waals surface area (Å²) in [5.41, 5.74) is 4.47. The number of phenols is 1. The summed E-state index contributed by atoms with van der Waals surface area (Å²) in [6.07, 6.45) is 2.78. The molecule has 3 rings (SSSR count). The van der Waals surface area contributed by atoms with Crippen molar-refractivity contribution in [2.75, 3.05) is 14.2 Å². The smallest absolute Gasteiger partial charge is 0.271 e. The number of halogens is 1. The van der Waals surface area contributed by atoms with Crippen molar-refractivity contribution in [3.63, 3.8) is 0 Å². The van der Waals surface area contributed by atoms with E-state index in [-0.39, 0.29) is 21.2 Å². The van der Waals surface area contributed by atoms with Gasteiger partial charge in [-0.1, -0.05) is 29.3 Å². The predicted octanol–water partition coefficient (Wildman–Crippen LogP) is 4.58. The van der Waals surface area contributed by atoms with Gasteiger partial charge in [0.15, 0.2) is 21.3 Å². The molecule has 0 aliphatic rings. The minimum absolute atomic E-state index is 0.0403. The molecule has 3 aromatic rings. The van der Waals surface area contributed by atoms with Crippen LogP contribution in [0.15, 0.2) is 70.0 Å². The number of carbonyl (C=O) groups is 1. The highest BCUT2D eigenvalue weighted by molar-refractivity contribution is 7.94. The van der Waals surface area contributed by atoms with Crippen molar-refractivity contribution in [2.24, 2.45) is 5.10 Å². The minimum atomic E-state index is -3.69. The summed E-state index contributed by atoms with van der Waals surface area (Å²) in [5.74, 6) is 0.0122. The highest BCUT2D eigenvalue weighted by atomic mass is 35.5. The lowest BCUT2D eigenvalue weighted by Gasteiger charge is -2.12. The Morgan fingerprint density at radius 1 is 1.06 bits per heavy atom. The summed E-state index contributed by atoms with van der Waals surface area (Å²) < 4.78 is 36.2. The molecule has 0 aromatic heterocycles. The molecule has 0 heterocycles. The van der Waals surface area contributed by atoms with Crippen LogP contribution in [-0.4, -0.2) is 39.9 Å². The van der Waals surface area contributed by atoms with E-state index in [2.05, 4.69) is 10.5 Å². The van der Waals surface area contributed by atoms with Crippen LogP contribution in [0.1, 0.15) is 27.0 Å². The Morgan fingerprint density at radius 3 is 2.40 bits per heavy atom. The van der Waals surface area contributed by atoms with E-state index >= 15 is 0 Å². The van der Waals surface area contributed by atoms with Crippen molar-refractivity contribution >= 4 is 39.6 Å². The van der Waals surface area contributed by atoms with Crippen LogP contribution in [0, 0.1) is 6.92 Å². The molecule has 8 nitrogen and oxygen atoms in total. The first-order valence-corrected chi connectivity index (χ1v) is 12.1. The largest absolute Gasteiger partial charge is 0.506 e. The number of benzene rings is 3. The Bertz CT molecular complexity index is 1400. The second-order valence-corrected chi connectivity index (χ2v) is 9.61. The van der Waals surface area contributed by atoms with Gasteiger partial charge in [0.1, 0.15) is 5.75 Å². The SMILES string of the molecule is COc1cc(C=NNC(=O)c2ccc(O)c(Cl)c2)cc(C=CS(=O)(=O)c2ccc(C)cc2)c1OC. The van der Waals surface area contributed by atoms with Gasteiger partial charge in [-0.15, -0.1) is 0 Å². The summed E-state index contributed by atoms with van der Waals surface area (Å²) in [5, 5.41) is 14.5. The number of amides is 1.